The Bertz CT molecular complexity index is 533. The maximum atomic E-state index is 12.4. The lowest BCUT2D eigenvalue weighted by Gasteiger charge is -2.26. The van der Waals surface area contributed by atoms with E-state index in [9.17, 15) is 4.79 Å². The van der Waals surface area contributed by atoms with Crippen molar-refractivity contribution in [2.75, 3.05) is 26.6 Å². The van der Waals surface area contributed by atoms with Crippen molar-refractivity contribution in [1.82, 2.24) is 0 Å². The van der Waals surface area contributed by atoms with Gasteiger partial charge in [-0.15, -0.1) is 0 Å². The van der Waals surface area contributed by atoms with Crippen molar-refractivity contribution < 1.29 is 19.0 Å². The number of amides is 1. The highest BCUT2D eigenvalue weighted by Gasteiger charge is 2.26. The lowest BCUT2D eigenvalue weighted by molar-refractivity contribution is -0.120. The monoisotopic (exact) mass is 308 g/mol. The van der Waals surface area contributed by atoms with Crippen molar-refractivity contribution in [1.29, 1.82) is 0 Å². The highest BCUT2D eigenvalue weighted by atomic mass is 16.5. The fraction of sp³-hybridized carbons (Fsp3) is 0.562. The summed E-state index contributed by atoms with van der Waals surface area (Å²) in [5.74, 6) is 1.55. The number of anilines is 1. The fourth-order valence-electron chi connectivity index (χ4n) is 2.83. The molecule has 22 heavy (non-hydrogen) atoms. The Hall–Kier alpha value is -1.95. The second-order valence-electron chi connectivity index (χ2n) is 5.52. The van der Waals surface area contributed by atoms with Gasteiger partial charge in [0.15, 0.2) is 11.5 Å². The summed E-state index contributed by atoms with van der Waals surface area (Å²) >= 11 is 0. The molecular weight excluding hydrogens is 284 g/mol. The van der Waals surface area contributed by atoms with Crippen molar-refractivity contribution >= 4 is 11.6 Å². The topological polar surface area (TPSA) is 82.8 Å². The van der Waals surface area contributed by atoms with E-state index in [1.807, 2.05) is 0 Å². The van der Waals surface area contributed by atoms with Crippen LogP contribution in [0.3, 0.4) is 0 Å². The van der Waals surface area contributed by atoms with Gasteiger partial charge in [0.2, 0.25) is 5.91 Å². The Balaban J connectivity index is 2.18. The molecule has 2 unspecified atom stereocenters. The Morgan fingerprint density at radius 3 is 2.32 bits per heavy atom. The van der Waals surface area contributed by atoms with Crippen LogP contribution in [0, 0.1) is 5.92 Å². The number of nitrogens with two attached hydrogens (primary N) is 1. The molecule has 1 aliphatic carbocycles. The second-order valence-corrected chi connectivity index (χ2v) is 5.52. The van der Waals surface area contributed by atoms with E-state index in [0.717, 1.165) is 25.7 Å². The van der Waals surface area contributed by atoms with Gasteiger partial charge in [0.05, 0.1) is 27.0 Å². The molecule has 0 bridgehead atoms. The summed E-state index contributed by atoms with van der Waals surface area (Å²) in [4.78, 5) is 12.4. The van der Waals surface area contributed by atoms with E-state index in [0.29, 0.717) is 22.9 Å². The van der Waals surface area contributed by atoms with Gasteiger partial charge in [0, 0.05) is 24.1 Å². The van der Waals surface area contributed by atoms with Crippen LogP contribution in [-0.4, -0.2) is 33.3 Å². The van der Waals surface area contributed by atoms with Gasteiger partial charge in [0.1, 0.15) is 5.75 Å². The highest BCUT2D eigenvalue weighted by molar-refractivity contribution is 5.94. The molecule has 0 aromatic heterocycles. The van der Waals surface area contributed by atoms with Gasteiger partial charge in [-0.05, 0) is 19.3 Å². The van der Waals surface area contributed by atoms with Crippen LogP contribution in [0.4, 0.5) is 5.69 Å². The molecule has 0 saturated heterocycles. The van der Waals surface area contributed by atoms with Crippen LogP contribution < -0.4 is 25.3 Å². The Kier molecular flexibility index (Phi) is 5.49. The van der Waals surface area contributed by atoms with Gasteiger partial charge in [-0.1, -0.05) is 6.42 Å². The van der Waals surface area contributed by atoms with E-state index >= 15 is 0 Å². The summed E-state index contributed by atoms with van der Waals surface area (Å²) in [6, 6.07) is 3.51. The molecule has 6 nitrogen and oxygen atoms in total. The molecule has 1 amide bonds. The minimum Gasteiger partial charge on any atom is -0.494 e. The number of ether oxygens (including phenoxy) is 3. The predicted octanol–water partition coefficient (Wildman–Crippen LogP) is 2.17. The van der Waals surface area contributed by atoms with Crippen LogP contribution >= 0.6 is 0 Å². The average Bonchev–Trinajstić information content (AvgIpc) is 2.54. The van der Waals surface area contributed by atoms with E-state index < -0.39 is 0 Å². The minimum absolute atomic E-state index is 0.0272. The maximum absolute atomic E-state index is 12.4. The summed E-state index contributed by atoms with van der Waals surface area (Å²) in [6.07, 6.45) is 3.57. The first kappa shape index (κ1) is 16.4. The second kappa shape index (κ2) is 7.35. The zero-order valence-corrected chi connectivity index (χ0v) is 13.3. The van der Waals surface area contributed by atoms with Crippen molar-refractivity contribution in [2.24, 2.45) is 11.7 Å². The summed E-state index contributed by atoms with van der Waals surface area (Å²) in [5, 5.41) is 2.92. The Morgan fingerprint density at radius 1 is 1.09 bits per heavy atom. The largest absolute Gasteiger partial charge is 0.494 e. The Morgan fingerprint density at radius 2 is 1.73 bits per heavy atom. The molecule has 0 spiro atoms. The van der Waals surface area contributed by atoms with Gasteiger partial charge in [-0.25, -0.2) is 0 Å². The van der Waals surface area contributed by atoms with Gasteiger partial charge in [-0.3, -0.25) is 4.79 Å². The van der Waals surface area contributed by atoms with Gasteiger partial charge >= 0.3 is 0 Å². The molecule has 1 aliphatic rings. The molecule has 3 N–H and O–H groups in total. The SMILES string of the molecule is COc1cc(OC)c(OC)cc1NC(=O)C1CCCC(N)C1. The van der Waals surface area contributed by atoms with Crippen molar-refractivity contribution in [2.45, 2.75) is 31.7 Å². The fourth-order valence-corrected chi connectivity index (χ4v) is 2.83. The zero-order chi connectivity index (χ0) is 16.1. The molecule has 0 heterocycles. The molecule has 0 radical (unpaired) electrons. The van der Waals surface area contributed by atoms with Crippen molar-refractivity contribution in [3.05, 3.63) is 12.1 Å². The summed E-state index contributed by atoms with van der Waals surface area (Å²) < 4.78 is 15.8. The van der Waals surface area contributed by atoms with Crippen LogP contribution in [0.5, 0.6) is 17.2 Å². The third-order valence-electron chi connectivity index (χ3n) is 4.05. The maximum Gasteiger partial charge on any atom is 0.227 e. The van der Waals surface area contributed by atoms with Gasteiger partial charge in [-0.2, -0.15) is 0 Å². The standard InChI is InChI=1S/C16H24N2O4/c1-20-13-9-15(22-3)14(21-2)8-12(13)18-16(19)10-5-4-6-11(17)7-10/h8-11H,4-7,17H2,1-3H3,(H,18,19). The molecule has 1 saturated carbocycles. The summed E-state index contributed by atoms with van der Waals surface area (Å²) in [6.45, 7) is 0. The van der Waals surface area contributed by atoms with E-state index in [1.165, 1.54) is 0 Å². The minimum atomic E-state index is -0.0541. The lowest BCUT2D eigenvalue weighted by Crippen LogP contribution is -2.34. The third kappa shape index (κ3) is 3.62. The summed E-state index contributed by atoms with van der Waals surface area (Å²) in [7, 11) is 4.66. The number of hydrogen-bond acceptors (Lipinski definition) is 5. The quantitative estimate of drug-likeness (QED) is 0.871. The molecule has 122 valence electrons. The van der Waals surface area contributed by atoms with Crippen LogP contribution in [0.15, 0.2) is 12.1 Å². The molecule has 1 aromatic carbocycles. The molecule has 1 aromatic rings. The number of hydrogen-bond donors (Lipinski definition) is 2. The van der Waals surface area contributed by atoms with Crippen molar-refractivity contribution in [3.8, 4) is 17.2 Å². The first-order chi connectivity index (χ1) is 10.6. The number of carbonyl (C=O) groups excluding carboxylic acids is 1. The molecule has 2 rings (SSSR count). The number of benzene rings is 1. The predicted molar refractivity (Wildman–Crippen MR) is 84.7 cm³/mol. The van der Waals surface area contributed by atoms with Crippen LogP contribution in [0.2, 0.25) is 0 Å². The van der Waals surface area contributed by atoms with Crippen molar-refractivity contribution in [3.63, 3.8) is 0 Å². The van der Waals surface area contributed by atoms with Gasteiger partial charge in [0.25, 0.3) is 0 Å². The molecular formula is C16H24N2O4. The van der Waals surface area contributed by atoms with Crippen LogP contribution in [0.25, 0.3) is 0 Å². The first-order valence-electron chi connectivity index (χ1n) is 7.45. The normalized spacial score (nSPS) is 21.1. The summed E-state index contributed by atoms with van der Waals surface area (Å²) in [5.41, 5.74) is 6.53. The molecule has 6 heteroatoms. The smallest absolute Gasteiger partial charge is 0.227 e. The van der Waals surface area contributed by atoms with Gasteiger partial charge < -0.3 is 25.3 Å². The van der Waals surface area contributed by atoms with E-state index in [-0.39, 0.29) is 17.9 Å². The highest BCUT2D eigenvalue weighted by Crippen LogP contribution is 2.38. The average molecular weight is 308 g/mol. The first-order valence-corrected chi connectivity index (χ1v) is 7.45. The number of rotatable bonds is 5. The third-order valence-corrected chi connectivity index (χ3v) is 4.05. The Labute approximate surface area is 130 Å². The molecule has 2 atom stereocenters. The van der Waals surface area contributed by atoms with Crippen LogP contribution in [0.1, 0.15) is 25.7 Å². The molecule has 1 fully saturated rings. The van der Waals surface area contributed by atoms with E-state index in [2.05, 4.69) is 5.32 Å². The number of methoxy groups -OCH3 is 3. The lowest BCUT2D eigenvalue weighted by atomic mass is 9.85. The molecule has 0 aliphatic heterocycles. The van der Waals surface area contributed by atoms with E-state index in [1.54, 1.807) is 33.5 Å². The van der Waals surface area contributed by atoms with E-state index in [4.69, 9.17) is 19.9 Å². The zero-order valence-electron chi connectivity index (χ0n) is 13.3. The number of nitrogens with one attached hydrogen (secondary N) is 1. The van der Waals surface area contributed by atoms with Crippen LogP contribution in [-0.2, 0) is 4.79 Å². The number of carbonyl (C=O) groups is 1.